The second-order valence-electron chi connectivity index (χ2n) is 27.5. The fraction of sp³-hybridized carbons (Fsp3) is 0.305. The minimum atomic E-state index is -0.742. The molecule has 0 saturated heterocycles. The van der Waals surface area contributed by atoms with Crippen LogP contribution in [-0.2, 0) is 28.3 Å². The van der Waals surface area contributed by atoms with Crippen LogP contribution in [0.25, 0.3) is 33.8 Å². The number of aromatic nitrogens is 6. The molecular weight excluding hydrogens is 1550 g/mol. The summed E-state index contributed by atoms with van der Waals surface area (Å²) in [6.07, 6.45) is 1.40. The molecule has 634 valence electrons. The van der Waals surface area contributed by atoms with Crippen molar-refractivity contribution in [1.29, 1.82) is 0 Å². The second-order valence-corrected chi connectivity index (χ2v) is 27.5. The molecule has 0 atom stereocenters. The van der Waals surface area contributed by atoms with Crippen LogP contribution in [0, 0.1) is 132 Å². The number of benzene rings is 7. The van der Waals surface area contributed by atoms with Crippen molar-refractivity contribution in [2.24, 2.45) is 14.1 Å². The number of aromatic amines is 1. The van der Waals surface area contributed by atoms with Gasteiger partial charge in [0, 0.05) is 109 Å². The van der Waals surface area contributed by atoms with Crippen LogP contribution in [0.4, 0.5) is 64.9 Å². The Hall–Kier alpha value is -12.1. The maximum absolute atomic E-state index is 14.1. The van der Waals surface area contributed by atoms with Crippen LogP contribution < -0.4 is 27.2 Å². The summed E-state index contributed by atoms with van der Waals surface area (Å²) in [6, 6.07) is 26.6. The van der Waals surface area contributed by atoms with Gasteiger partial charge < -0.3 is 51.7 Å². The van der Waals surface area contributed by atoms with E-state index in [4.69, 9.17) is 35.8 Å². The zero-order chi connectivity index (χ0) is 91.1. The minimum absolute atomic E-state index is 0.0313. The first-order chi connectivity index (χ1) is 55.3. The molecule has 0 unspecified atom stereocenters. The van der Waals surface area contributed by atoms with Crippen LogP contribution in [0.1, 0.15) is 132 Å². The van der Waals surface area contributed by atoms with Gasteiger partial charge in [0.05, 0.1) is 44.3 Å². The van der Waals surface area contributed by atoms with Crippen LogP contribution >= 0.6 is 0 Å². The number of nitrogen functional groups attached to an aromatic ring is 2. The molecular formula is C82H102B4F7N13O13. The summed E-state index contributed by atoms with van der Waals surface area (Å²) in [4.78, 5) is 55.2. The summed E-state index contributed by atoms with van der Waals surface area (Å²) >= 11 is 0. The number of aliphatic hydroxyl groups is 1. The number of nitrogens with two attached hydrogens (primary N) is 2. The fourth-order valence-corrected chi connectivity index (χ4v) is 10.1. The Morgan fingerprint density at radius 2 is 0.866 bits per heavy atom. The average Bonchev–Trinajstić information content (AvgIpc) is 1.69. The number of nitro groups is 1. The number of halogens is 7. The summed E-state index contributed by atoms with van der Waals surface area (Å²) in [7, 11) is 8.86. The number of aliphatic hydroxyl groups excluding tert-OH is 1. The van der Waals surface area contributed by atoms with Crippen molar-refractivity contribution in [2.45, 2.75) is 130 Å². The van der Waals surface area contributed by atoms with E-state index in [1.807, 2.05) is 72.9 Å². The zero-order valence-electron chi connectivity index (χ0n) is 71.1. The molecule has 7 aromatic carbocycles. The molecule has 0 bridgehead atoms. The topological polar surface area (TPSA) is 384 Å². The summed E-state index contributed by atoms with van der Waals surface area (Å²) in [5.41, 5.74) is 24.5. The summed E-state index contributed by atoms with van der Waals surface area (Å²) in [6.45, 7) is 29.4. The number of hydrogen-bond acceptors (Lipinski definition) is 22. The number of ketones is 4. The van der Waals surface area contributed by atoms with Crippen LogP contribution in [0.2, 0.25) is 20.5 Å². The van der Waals surface area contributed by atoms with Crippen LogP contribution in [0.15, 0.2) is 109 Å². The Labute approximate surface area is 690 Å². The number of nitrogens with one attached hydrogen (secondary N) is 4. The monoisotopic (exact) mass is 1650 g/mol. The van der Waals surface area contributed by atoms with Gasteiger partial charge in [-0.2, -0.15) is 15.3 Å². The third-order valence-electron chi connectivity index (χ3n) is 17.3. The Bertz CT molecular complexity index is 5190. The zero-order valence-corrected chi connectivity index (χ0v) is 71.1. The van der Waals surface area contributed by atoms with Gasteiger partial charge in [-0.3, -0.25) is 48.7 Å². The quantitative estimate of drug-likeness (QED) is 0.00591. The van der Waals surface area contributed by atoms with Crippen molar-refractivity contribution in [1.82, 2.24) is 34.7 Å². The fourth-order valence-electron chi connectivity index (χ4n) is 10.1. The number of carbonyl (C=O) groups excluding carboxylic acids is 4. The van der Waals surface area contributed by atoms with Crippen molar-refractivity contribution in [2.75, 3.05) is 55.5 Å². The Morgan fingerprint density at radius 1 is 0.521 bits per heavy atom. The summed E-state index contributed by atoms with van der Waals surface area (Å²) in [5, 5.41) is 69.6. The molecule has 10 rings (SSSR count). The van der Waals surface area contributed by atoms with Crippen molar-refractivity contribution in [3.63, 3.8) is 0 Å². The predicted octanol–water partition coefficient (Wildman–Crippen LogP) is 15.3. The van der Waals surface area contributed by atoms with Crippen LogP contribution in [-0.4, -0.2) is 145 Å². The first-order valence-electron chi connectivity index (χ1n) is 36.3. The van der Waals surface area contributed by atoms with Gasteiger partial charge in [0.15, 0.2) is 23.1 Å². The van der Waals surface area contributed by atoms with Crippen molar-refractivity contribution < 1.29 is 89.2 Å². The van der Waals surface area contributed by atoms with Gasteiger partial charge in [0.2, 0.25) is 5.91 Å². The third-order valence-corrected chi connectivity index (χ3v) is 17.3. The van der Waals surface area contributed by atoms with Gasteiger partial charge in [-0.15, -0.1) is 0 Å². The molecule has 3 heterocycles. The molecule has 0 radical (unpaired) electrons. The molecule has 0 spiro atoms. The molecule has 10 aromatic rings. The number of hydrogen-bond donors (Lipinski definition) is 10. The van der Waals surface area contributed by atoms with Gasteiger partial charge >= 0.3 is 50.0 Å². The first-order valence-corrected chi connectivity index (χ1v) is 36.3. The van der Waals surface area contributed by atoms with Gasteiger partial charge in [-0.25, -0.2) is 30.7 Å². The summed E-state index contributed by atoms with van der Waals surface area (Å²) < 4.78 is 117. The molecule has 0 fully saturated rings. The maximum atomic E-state index is 14.1. The normalized spacial score (nSPS) is 10.1. The van der Waals surface area contributed by atoms with Crippen LogP contribution in [0.3, 0.4) is 0 Å². The molecule has 0 saturated carbocycles. The SMILES string of the molecule is CB(O)Nc1cc(-c2cc(C)[nH]n2)c(F)cc1C.CB(O)Nc1cc(-c2cc(C)n(C)n2)c(F)cc1C.CB(O)Nc1cc(C(C)=O)c(F)cc1C.CC(=O)c1cc(N)c(C)cc1F.CC(=O)c1cc([N+](=O)[O-])c(C)cc1F.CC(=O)c1ccc(C)cc1F.COC(C)(OC)N(C)C.Cc1cc(F)c(-c2cc(C)n(C)n2)cc1N.O=BC#CO. The number of rotatable bonds is 17. The van der Waals surface area contributed by atoms with Crippen LogP contribution in [0.5, 0.6) is 0 Å². The number of H-pyrrole nitrogens is 1. The number of nitrogens with zero attached hydrogens (tertiary/aromatic N) is 7. The second kappa shape index (κ2) is 48.0. The van der Waals surface area contributed by atoms with Crippen molar-refractivity contribution in [3.8, 4) is 45.7 Å². The number of Topliss-reactive ketones (excluding diaryl/α,β-unsaturated/α-hetero) is 4. The van der Waals surface area contributed by atoms with Crippen molar-refractivity contribution >= 4 is 85.6 Å². The van der Waals surface area contributed by atoms with E-state index in [0.29, 0.717) is 80.5 Å². The first kappa shape index (κ1) is 103. The molecule has 0 aliphatic rings. The third kappa shape index (κ3) is 32.4. The predicted molar refractivity (Wildman–Crippen MR) is 454 cm³/mol. The van der Waals surface area contributed by atoms with E-state index in [2.05, 4.69) is 36.1 Å². The van der Waals surface area contributed by atoms with E-state index in [0.717, 1.165) is 58.4 Å². The van der Waals surface area contributed by atoms with E-state index < -0.39 is 61.0 Å². The van der Waals surface area contributed by atoms with E-state index in [1.165, 1.54) is 88.4 Å². The van der Waals surface area contributed by atoms with Gasteiger partial charge in [0.1, 0.15) is 40.7 Å². The number of carbonyl (C=O) groups is 4. The molecule has 0 amide bonds. The number of anilines is 5. The molecule has 26 nitrogen and oxygen atoms in total. The average molecular weight is 1650 g/mol. The summed E-state index contributed by atoms with van der Waals surface area (Å²) in [5.74, 6) is -3.36. The Morgan fingerprint density at radius 3 is 1.18 bits per heavy atom. The van der Waals surface area contributed by atoms with Crippen molar-refractivity contribution in [3.05, 3.63) is 238 Å². The Kier molecular flexibility index (Phi) is 41.5. The molecule has 3 aromatic heterocycles. The molecule has 0 aliphatic carbocycles. The molecule has 37 heteroatoms. The van der Waals surface area contributed by atoms with Gasteiger partial charge in [-0.05, 0) is 262 Å². The molecule has 119 heavy (non-hydrogen) atoms. The van der Waals surface area contributed by atoms with E-state index in [-0.39, 0.29) is 68.3 Å². The number of ether oxygens (including phenoxy) is 2. The standard InChI is InChI=1S/C13H17BFN3O.C12H15BFN3O.C12H14FN3.C10H13BFNO2.C9H8FNO3.C9H10FNO.C9H9FO.C6H15NO2.C2HBO2/c1-8-5-11(15)10(7-12(8)16-14(3)19)13-6-9(2)18(4)17-13;1-7-4-10(14)9(6-11(7)15-13(3)18)12-5-8(2)16-17-12;1-7-4-10(13)9(6-11(7)14)12-5-8(2)16(3)15-12;1-6-4-9(12)8(7(2)14)5-10(6)13-11(3)15;1-5-3-8(10)7(6(2)12)4-9(5)11(13)14;1-5-3-8(10)7(6(2)12)4-9(5)11;1-6-3-4-8(7(2)11)9(10)5-6;1-6(8-4,9-5)7(2)3;4-2-1-3-5/h5-7,16,19H,1-4H3;4-6,15,18H,1-3H3,(H,16,17);4-6H,14H2,1-3H3;4-5,13,15H,1-3H3;3-4H,1-2H3;3-4H,11H2,1-2H3;3-5H,1-2H3;1-5H3;4H. The molecule has 0 aliphatic heterocycles. The molecule has 12 N–H and O–H groups in total. The van der Waals surface area contributed by atoms with Gasteiger partial charge in [0.25, 0.3) is 5.69 Å². The number of nitro benzene ring substituents is 1. The number of methoxy groups -OCH3 is 2. The van der Waals surface area contributed by atoms with E-state index >= 15 is 0 Å². The number of aryl methyl sites for hydroxylation is 12. The van der Waals surface area contributed by atoms with E-state index in [1.54, 1.807) is 122 Å². The Balaban J connectivity index is 0.000000461. The van der Waals surface area contributed by atoms with E-state index in [9.17, 15) is 70.1 Å². The van der Waals surface area contributed by atoms with Gasteiger partial charge in [-0.1, -0.05) is 6.07 Å².